The van der Waals surface area contributed by atoms with Crippen molar-refractivity contribution in [2.45, 2.75) is 0 Å². The van der Waals surface area contributed by atoms with Crippen molar-refractivity contribution in [3.05, 3.63) is 92.2 Å². The first-order valence-corrected chi connectivity index (χ1v) is 8.80. The van der Waals surface area contributed by atoms with Crippen LogP contribution in [0.25, 0.3) is 0 Å². The normalized spacial score (nSPS) is 11.8. The van der Waals surface area contributed by atoms with Crippen molar-refractivity contribution < 1.29 is 70.6 Å². The molecular formula is C18BF15NO2-. The molecule has 0 bridgehead atoms. The molecule has 3 rings (SSSR count). The number of rotatable bonds is 5. The van der Waals surface area contributed by atoms with Crippen molar-refractivity contribution in [3.8, 4) is 0 Å². The summed E-state index contributed by atoms with van der Waals surface area (Å²) in [5.41, 5.74) is -9.28. The fourth-order valence-electron chi connectivity index (χ4n) is 3.59. The molecule has 0 aliphatic rings. The highest BCUT2D eigenvalue weighted by atomic mass is 19.2. The van der Waals surface area contributed by atoms with Crippen LogP contribution in [0.3, 0.4) is 0 Å². The first-order chi connectivity index (χ1) is 17.1. The van der Waals surface area contributed by atoms with Gasteiger partial charge in [0.2, 0.25) is 0 Å². The molecule has 0 spiro atoms. The highest BCUT2D eigenvalue weighted by Crippen LogP contribution is 2.28. The minimum absolute atomic E-state index is 1.29. The van der Waals surface area contributed by atoms with Crippen molar-refractivity contribution in [1.29, 1.82) is 0 Å². The summed E-state index contributed by atoms with van der Waals surface area (Å²) < 4.78 is 216. The zero-order valence-electron chi connectivity index (χ0n) is 16.5. The van der Waals surface area contributed by atoms with E-state index >= 15 is 0 Å². The van der Waals surface area contributed by atoms with Gasteiger partial charge in [-0.2, -0.15) is 0 Å². The van der Waals surface area contributed by atoms with Crippen LogP contribution in [-0.2, 0) is 4.76 Å². The number of halogens is 15. The molecule has 0 N–H and O–H groups in total. The largest absolute Gasteiger partial charge is 0.571 e. The van der Waals surface area contributed by atoms with Crippen LogP contribution >= 0.6 is 0 Å². The van der Waals surface area contributed by atoms with Crippen LogP contribution in [0.2, 0.25) is 0 Å². The number of hydrogen-bond donors (Lipinski definition) is 0. The Bertz CT molecular complexity index is 1240. The van der Waals surface area contributed by atoms with E-state index in [9.17, 15) is 70.8 Å². The van der Waals surface area contributed by atoms with Gasteiger partial charge in [0, 0.05) is 0 Å². The lowest BCUT2D eigenvalue weighted by Crippen LogP contribution is -2.74. The predicted molar refractivity (Wildman–Crippen MR) is 90.2 cm³/mol. The number of benzene rings is 3. The molecule has 0 saturated heterocycles. The molecule has 0 heterocycles. The van der Waals surface area contributed by atoms with E-state index in [4.69, 9.17) is 0 Å². The standard InChI is InChI=1S/C18BF15NO2/c20-4-1(5(21)11(27)16(32)10(4)26)19(37-35-36,2-6(22)12(28)17(33)13(29)7(2)23)3-8(24)14(30)18(34)15(31)9(3)25/q-1. The van der Waals surface area contributed by atoms with Crippen molar-refractivity contribution in [2.75, 3.05) is 0 Å². The highest BCUT2D eigenvalue weighted by molar-refractivity contribution is 7.07. The Hall–Kier alpha value is -3.93. The summed E-state index contributed by atoms with van der Waals surface area (Å²) in [7, 11) is 0. The Morgan fingerprint density at radius 1 is 0.351 bits per heavy atom. The third kappa shape index (κ3) is 3.58. The zero-order valence-corrected chi connectivity index (χ0v) is 16.5. The molecule has 0 fully saturated rings. The van der Waals surface area contributed by atoms with Gasteiger partial charge in [-0.05, 0) is 0 Å². The van der Waals surface area contributed by atoms with Gasteiger partial charge in [-0.1, -0.05) is 16.4 Å². The summed E-state index contributed by atoms with van der Waals surface area (Å²) in [5.74, 6) is -48.5. The molecule has 198 valence electrons. The Morgan fingerprint density at radius 3 is 0.676 bits per heavy atom. The van der Waals surface area contributed by atoms with E-state index < -0.39 is 110 Å². The fraction of sp³-hybridized carbons (Fsp3) is 0. The van der Waals surface area contributed by atoms with E-state index in [0.29, 0.717) is 0 Å². The van der Waals surface area contributed by atoms with Crippen LogP contribution in [0.15, 0.2) is 5.34 Å². The number of nitrogens with zero attached hydrogens (tertiary/aromatic N) is 1. The second-order valence-corrected chi connectivity index (χ2v) is 6.92. The van der Waals surface area contributed by atoms with Crippen molar-refractivity contribution in [3.63, 3.8) is 0 Å². The van der Waals surface area contributed by atoms with Crippen LogP contribution in [-0.4, -0.2) is 6.35 Å². The van der Waals surface area contributed by atoms with E-state index in [1.807, 2.05) is 0 Å². The van der Waals surface area contributed by atoms with Crippen LogP contribution in [0.5, 0.6) is 0 Å². The smallest absolute Gasteiger partial charge is 0.296 e. The summed E-state index contributed by atoms with van der Waals surface area (Å²) >= 11 is 0. The van der Waals surface area contributed by atoms with E-state index in [1.165, 1.54) is 5.34 Å². The topological polar surface area (TPSA) is 38.7 Å². The first kappa shape index (κ1) is 27.7. The van der Waals surface area contributed by atoms with E-state index in [0.717, 1.165) is 0 Å². The Labute approximate surface area is 191 Å². The predicted octanol–water partition coefficient (Wildman–Crippen LogP) is 4.44. The third-order valence-electron chi connectivity index (χ3n) is 5.15. The summed E-state index contributed by atoms with van der Waals surface area (Å²) in [6, 6.07) is 0. The van der Waals surface area contributed by atoms with Crippen molar-refractivity contribution in [2.24, 2.45) is 5.34 Å². The fourth-order valence-corrected chi connectivity index (χ4v) is 3.59. The van der Waals surface area contributed by atoms with Crippen molar-refractivity contribution >= 4 is 22.7 Å². The lowest BCUT2D eigenvalue weighted by molar-refractivity contribution is 0.324. The van der Waals surface area contributed by atoms with Gasteiger partial charge >= 0.3 is 0 Å². The van der Waals surface area contributed by atoms with Crippen LogP contribution in [0, 0.1) is 92.2 Å². The zero-order chi connectivity index (χ0) is 28.3. The molecule has 0 aliphatic heterocycles. The molecule has 0 aliphatic carbocycles. The lowest BCUT2D eigenvalue weighted by Gasteiger charge is -2.40. The first-order valence-electron chi connectivity index (χ1n) is 8.80. The van der Waals surface area contributed by atoms with E-state index in [1.54, 1.807) is 0 Å². The van der Waals surface area contributed by atoms with Gasteiger partial charge in [0.05, 0.1) is 0 Å². The van der Waals surface area contributed by atoms with Gasteiger partial charge in [0.25, 0.3) is 6.35 Å². The average Bonchev–Trinajstić information content (AvgIpc) is 2.86. The molecule has 3 aromatic rings. The molecule has 0 amide bonds. The van der Waals surface area contributed by atoms with Crippen LogP contribution in [0.1, 0.15) is 0 Å². The van der Waals surface area contributed by atoms with Gasteiger partial charge < -0.3 is 4.76 Å². The molecule has 19 heteroatoms. The Morgan fingerprint density at radius 2 is 0.514 bits per heavy atom. The second kappa shape index (κ2) is 9.18. The minimum Gasteiger partial charge on any atom is -0.571 e. The monoisotopic (exact) mass is 558 g/mol. The summed E-state index contributed by atoms with van der Waals surface area (Å²) in [6.07, 6.45) is -6.39. The average molecular weight is 558 g/mol. The van der Waals surface area contributed by atoms with Crippen LogP contribution in [0.4, 0.5) is 65.9 Å². The maximum atomic E-state index is 14.7. The molecule has 0 unspecified atom stereocenters. The summed E-state index contributed by atoms with van der Waals surface area (Å²) in [5, 5.41) is 1.29. The van der Waals surface area contributed by atoms with E-state index in [-0.39, 0.29) is 0 Å². The Kier molecular flexibility index (Phi) is 6.87. The molecular weight excluding hydrogens is 558 g/mol. The van der Waals surface area contributed by atoms with Crippen molar-refractivity contribution in [1.82, 2.24) is 0 Å². The molecule has 0 radical (unpaired) electrons. The Balaban J connectivity index is 2.88. The van der Waals surface area contributed by atoms with Gasteiger partial charge in [-0.25, -0.2) is 65.9 Å². The quantitative estimate of drug-likeness (QED) is 0.116. The highest BCUT2D eigenvalue weighted by Gasteiger charge is 2.51. The summed E-state index contributed by atoms with van der Waals surface area (Å²) in [6.45, 7) is 0. The van der Waals surface area contributed by atoms with Crippen LogP contribution < -0.4 is 16.4 Å². The molecule has 37 heavy (non-hydrogen) atoms. The molecule has 0 atom stereocenters. The minimum atomic E-state index is -6.39. The van der Waals surface area contributed by atoms with Gasteiger partial charge in [-0.3, -0.25) is 0 Å². The maximum Gasteiger partial charge on any atom is 0.296 e. The SMILES string of the molecule is O=NO[B-](c1c(F)c(F)c(F)c(F)c1F)(c1c(F)c(F)c(F)c(F)c1F)c1c(F)c(F)c(F)c(F)c1F. The number of hydrogen-bond acceptors (Lipinski definition) is 3. The molecule has 0 saturated carbocycles. The lowest BCUT2D eigenvalue weighted by atomic mass is 9.27. The maximum absolute atomic E-state index is 14.7. The molecule has 3 aromatic carbocycles. The van der Waals surface area contributed by atoms with Gasteiger partial charge in [0.1, 0.15) is 40.2 Å². The third-order valence-corrected chi connectivity index (χ3v) is 5.15. The molecule has 3 nitrogen and oxygen atoms in total. The summed E-state index contributed by atoms with van der Waals surface area (Å²) in [4.78, 5) is 10.9. The second-order valence-electron chi connectivity index (χ2n) is 6.92. The van der Waals surface area contributed by atoms with E-state index in [2.05, 4.69) is 4.76 Å². The van der Waals surface area contributed by atoms with Gasteiger partial charge in [-0.15, -0.1) is 4.91 Å². The van der Waals surface area contributed by atoms with Gasteiger partial charge in [0.15, 0.2) is 52.4 Å². The molecule has 0 aromatic heterocycles.